The molecule has 2 rings (SSSR count). The minimum absolute atomic E-state index is 0.0523. The van der Waals surface area contributed by atoms with E-state index in [4.69, 9.17) is 5.11 Å². The number of carboxylic acids is 1. The molecule has 0 aliphatic carbocycles. The third kappa shape index (κ3) is 3.85. The van der Waals surface area contributed by atoms with Gasteiger partial charge in [0.25, 0.3) is 0 Å². The van der Waals surface area contributed by atoms with Gasteiger partial charge in [0.05, 0.1) is 6.42 Å². The van der Waals surface area contributed by atoms with Crippen LogP contribution in [-0.4, -0.2) is 65.7 Å². The van der Waals surface area contributed by atoms with E-state index in [2.05, 4.69) is 17.3 Å². The van der Waals surface area contributed by atoms with Gasteiger partial charge in [0, 0.05) is 25.2 Å². The molecule has 2 amide bonds. The molecule has 20 heavy (non-hydrogen) atoms. The highest BCUT2D eigenvalue weighted by Crippen LogP contribution is 2.20. The molecule has 0 aromatic rings. The number of carbonyl (C=O) groups is 2. The summed E-state index contributed by atoms with van der Waals surface area (Å²) in [6.45, 7) is 2.42. The van der Waals surface area contributed by atoms with Crippen LogP contribution in [0.2, 0.25) is 0 Å². The quantitative estimate of drug-likeness (QED) is 0.811. The number of likely N-dealkylation sites (tertiary alicyclic amines) is 2. The van der Waals surface area contributed by atoms with Crippen molar-refractivity contribution in [2.24, 2.45) is 0 Å². The summed E-state index contributed by atoms with van der Waals surface area (Å²) in [6.07, 6.45) is 5.12. The molecule has 2 heterocycles. The molecule has 0 spiro atoms. The van der Waals surface area contributed by atoms with Gasteiger partial charge in [-0.15, -0.1) is 0 Å². The summed E-state index contributed by atoms with van der Waals surface area (Å²) >= 11 is 0. The maximum atomic E-state index is 12.3. The van der Waals surface area contributed by atoms with Crippen LogP contribution < -0.4 is 5.32 Å². The lowest BCUT2D eigenvalue weighted by molar-refractivity contribution is -0.138. The van der Waals surface area contributed by atoms with Crippen molar-refractivity contribution in [1.29, 1.82) is 0 Å². The molecule has 2 saturated heterocycles. The van der Waals surface area contributed by atoms with E-state index in [1.807, 2.05) is 0 Å². The Morgan fingerprint density at radius 3 is 2.55 bits per heavy atom. The second-order valence-corrected chi connectivity index (χ2v) is 5.90. The number of carboxylic acid groups (broad SMARTS) is 1. The molecule has 2 aliphatic rings. The average Bonchev–Trinajstić information content (AvgIpc) is 2.81. The van der Waals surface area contributed by atoms with Gasteiger partial charge in [0.15, 0.2) is 0 Å². The summed E-state index contributed by atoms with van der Waals surface area (Å²) in [5.41, 5.74) is 0. The molecule has 2 fully saturated rings. The van der Waals surface area contributed by atoms with Crippen molar-refractivity contribution < 1.29 is 14.7 Å². The molecule has 2 unspecified atom stereocenters. The van der Waals surface area contributed by atoms with Gasteiger partial charge in [0.2, 0.25) is 0 Å². The summed E-state index contributed by atoms with van der Waals surface area (Å²) in [4.78, 5) is 27.1. The lowest BCUT2D eigenvalue weighted by Gasteiger charge is -2.35. The fourth-order valence-corrected chi connectivity index (χ4v) is 3.23. The van der Waals surface area contributed by atoms with Crippen LogP contribution in [0.25, 0.3) is 0 Å². The van der Waals surface area contributed by atoms with Crippen molar-refractivity contribution in [3.05, 3.63) is 0 Å². The number of hydrogen-bond donors (Lipinski definition) is 2. The number of amides is 2. The molecule has 2 N–H and O–H groups in total. The molecular formula is C14H25N3O3. The Labute approximate surface area is 120 Å². The first-order chi connectivity index (χ1) is 9.58. The van der Waals surface area contributed by atoms with Gasteiger partial charge in [-0.2, -0.15) is 0 Å². The van der Waals surface area contributed by atoms with Gasteiger partial charge < -0.3 is 20.2 Å². The van der Waals surface area contributed by atoms with Crippen LogP contribution >= 0.6 is 0 Å². The summed E-state index contributed by atoms with van der Waals surface area (Å²) in [7, 11) is 2.08. The van der Waals surface area contributed by atoms with Crippen molar-refractivity contribution in [3.63, 3.8) is 0 Å². The summed E-state index contributed by atoms with van der Waals surface area (Å²) in [6, 6.07) is 0.167. The molecule has 6 heteroatoms. The third-order valence-electron chi connectivity index (χ3n) is 4.46. The monoisotopic (exact) mass is 283 g/mol. The highest BCUT2D eigenvalue weighted by Gasteiger charge is 2.29. The second-order valence-electron chi connectivity index (χ2n) is 5.90. The average molecular weight is 283 g/mol. The first kappa shape index (κ1) is 15.1. The topological polar surface area (TPSA) is 72.9 Å². The summed E-state index contributed by atoms with van der Waals surface area (Å²) in [5.74, 6) is -0.828. The maximum absolute atomic E-state index is 12.3. The van der Waals surface area contributed by atoms with E-state index < -0.39 is 5.97 Å². The van der Waals surface area contributed by atoms with E-state index in [-0.39, 0.29) is 18.5 Å². The zero-order chi connectivity index (χ0) is 14.5. The molecule has 0 radical (unpaired) electrons. The minimum atomic E-state index is -0.828. The molecule has 2 atom stereocenters. The Morgan fingerprint density at radius 1 is 1.15 bits per heavy atom. The number of aliphatic carboxylic acids is 1. The van der Waals surface area contributed by atoms with E-state index in [1.165, 1.54) is 6.42 Å². The van der Waals surface area contributed by atoms with Gasteiger partial charge in [-0.25, -0.2) is 4.79 Å². The van der Waals surface area contributed by atoms with Crippen LogP contribution in [0.3, 0.4) is 0 Å². The Balaban J connectivity index is 1.84. The first-order valence-corrected chi connectivity index (χ1v) is 7.54. The number of carbonyl (C=O) groups excluding carboxylic acids is 1. The first-order valence-electron chi connectivity index (χ1n) is 7.54. The number of rotatable bonds is 4. The minimum Gasteiger partial charge on any atom is -0.481 e. The summed E-state index contributed by atoms with van der Waals surface area (Å²) < 4.78 is 0. The van der Waals surface area contributed by atoms with Gasteiger partial charge in [-0.1, -0.05) is 0 Å². The normalized spacial score (nSPS) is 27.6. The maximum Gasteiger partial charge on any atom is 0.317 e. The van der Waals surface area contributed by atoms with Crippen molar-refractivity contribution in [2.45, 2.75) is 50.6 Å². The third-order valence-corrected chi connectivity index (χ3v) is 4.46. The lowest BCUT2D eigenvalue weighted by atomic mass is 10.00. The van der Waals surface area contributed by atoms with Crippen molar-refractivity contribution >= 4 is 12.0 Å². The molecule has 0 aromatic heterocycles. The molecular weight excluding hydrogens is 258 g/mol. The number of likely N-dealkylation sites (N-methyl/N-ethyl adjacent to an activating group) is 1. The number of nitrogens with one attached hydrogen (secondary N) is 1. The smallest absolute Gasteiger partial charge is 0.317 e. The van der Waals surface area contributed by atoms with E-state index in [1.54, 1.807) is 4.90 Å². The summed E-state index contributed by atoms with van der Waals surface area (Å²) in [5, 5.41) is 11.9. The second kappa shape index (κ2) is 6.92. The number of urea groups is 1. The standard InChI is InChI=1S/C14H25N3O3/c1-16-7-4-6-12(16)10-15-14(20)17-8-3-2-5-11(17)9-13(18)19/h11-12H,2-10H2,1H3,(H,15,20)(H,18,19). The molecule has 2 aliphatic heterocycles. The Bertz CT molecular complexity index is 362. The Kier molecular flexibility index (Phi) is 5.23. The van der Waals surface area contributed by atoms with Gasteiger partial charge >= 0.3 is 12.0 Å². The molecule has 6 nitrogen and oxygen atoms in total. The Hall–Kier alpha value is -1.30. The van der Waals surface area contributed by atoms with Crippen molar-refractivity contribution in [2.75, 3.05) is 26.7 Å². The van der Waals surface area contributed by atoms with Crippen LogP contribution in [0, 0.1) is 0 Å². The Morgan fingerprint density at radius 2 is 1.90 bits per heavy atom. The van der Waals surface area contributed by atoms with Gasteiger partial charge in [0.1, 0.15) is 0 Å². The van der Waals surface area contributed by atoms with Crippen molar-refractivity contribution in [3.8, 4) is 0 Å². The van der Waals surface area contributed by atoms with Crippen LogP contribution in [0.15, 0.2) is 0 Å². The lowest BCUT2D eigenvalue weighted by Crippen LogP contribution is -2.51. The molecule has 114 valence electrons. The van der Waals surface area contributed by atoms with E-state index in [9.17, 15) is 9.59 Å². The van der Waals surface area contributed by atoms with Crippen molar-refractivity contribution in [1.82, 2.24) is 15.1 Å². The van der Waals surface area contributed by atoms with Gasteiger partial charge in [-0.05, 0) is 45.7 Å². The number of piperidine rings is 1. The highest BCUT2D eigenvalue weighted by molar-refractivity contribution is 5.76. The van der Waals surface area contributed by atoms with Crippen LogP contribution in [0.4, 0.5) is 4.79 Å². The number of nitrogens with zero attached hydrogens (tertiary/aromatic N) is 2. The van der Waals surface area contributed by atoms with Crippen LogP contribution in [-0.2, 0) is 4.79 Å². The predicted molar refractivity (Wildman–Crippen MR) is 75.6 cm³/mol. The zero-order valence-corrected chi connectivity index (χ0v) is 12.2. The van der Waals surface area contributed by atoms with Gasteiger partial charge in [-0.3, -0.25) is 4.79 Å². The van der Waals surface area contributed by atoms with Crippen LogP contribution in [0.1, 0.15) is 38.5 Å². The van der Waals surface area contributed by atoms with E-state index >= 15 is 0 Å². The van der Waals surface area contributed by atoms with E-state index in [0.29, 0.717) is 19.1 Å². The molecule has 0 saturated carbocycles. The number of hydrogen-bond acceptors (Lipinski definition) is 3. The predicted octanol–water partition coefficient (Wildman–Crippen LogP) is 1.12. The molecule has 0 bridgehead atoms. The molecule has 0 aromatic carbocycles. The SMILES string of the molecule is CN1CCCC1CNC(=O)N1CCCCC1CC(=O)O. The fourth-order valence-electron chi connectivity index (χ4n) is 3.23. The largest absolute Gasteiger partial charge is 0.481 e. The fraction of sp³-hybridized carbons (Fsp3) is 0.857. The zero-order valence-electron chi connectivity index (χ0n) is 12.2. The van der Waals surface area contributed by atoms with E-state index in [0.717, 1.165) is 32.2 Å². The highest BCUT2D eigenvalue weighted by atomic mass is 16.4. The van der Waals surface area contributed by atoms with Crippen LogP contribution in [0.5, 0.6) is 0 Å².